The minimum absolute atomic E-state index is 0.526. The highest BCUT2D eigenvalue weighted by Crippen LogP contribution is 1.88. The zero-order valence-electron chi connectivity index (χ0n) is 20.2. The molecule has 0 unspecified atom stereocenters. The van der Waals surface area contributed by atoms with E-state index in [2.05, 4.69) is 39.5 Å². The Morgan fingerprint density at radius 2 is 0.500 bits per heavy atom. The molecule has 0 aliphatic rings. The molecule has 0 aromatic rings. The maximum Gasteiger partial charge on any atom is 0.327 e. The maximum absolute atomic E-state index is 9.25. The molecular formula is C22H34O16. The number of aliphatic hydroxyl groups is 4. The predicted molar refractivity (Wildman–Crippen MR) is 133 cm³/mol. The third-order valence-electron chi connectivity index (χ3n) is 1.87. The van der Waals surface area contributed by atoms with Gasteiger partial charge in [0.2, 0.25) is 0 Å². The van der Waals surface area contributed by atoms with Crippen LogP contribution in [0.5, 0.6) is 0 Å². The molecule has 0 spiro atoms. The van der Waals surface area contributed by atoms with Crippen LogP contribution in [0, 0.1) is 0 Å². The fourth-order valence-electron chi connectivity index (χ4n) is 0.243. The van der Waals surface area contributed by atoms with Crippen molar-refractivity contribution in [3.8, 4) is 0 Å². The summed E-state index contributed by atoms with van der Waals surface area (Å²) in [7, 11) is 0. The third kappa shape index (κ3) is 124. The van der Waals surface area contributed by atoms with Gasteiger partial charge in [-0.25, -0.2) is 28.8 Å². The van der Waals surface area contributed by atoms with Crippen molar-refractivity contribution in [2.45, 2.75) is 12.2 Å². The maximum atomic E-state index is 9.25. The van der Waals surface area contributed by atoms with E-state index in [1.54, 1.807) is 0 Å². The molecule has 0 aromatic heterocycles. The molecule has 0 aliphatic heterocycles. The van der Waals surface area contributed by atoms with E-state index in [1.165, 1.54) is 0 Å². The normalized spacial score (nSPS) is 8.84. The first kappa shape index (κ1) is 50.1. The minimum atomic E-state index is -1.22. The number of hydrogen-bond donors (Lipinski definition) is 10. The average molecular weight is 554 g/mol. The number of hydrogen-bond acceptors (Lipinski definition) is 10. The lowest BCUT2D eigenvalue weighted by Gasteiger charge is -2.10. The average Bonchev–Trinajstić information content (AvgIpc) is 2.89. The van der Waals surface area contributed by atoms with E-state index in [1.807, 2.05) is 0 Å². The van der Waals surface area contributed by atoms with Crippen LogP contribution in [0.25, 0.3) is 0 Å². The second kappa shape index (κ2) is 42.3. The summed E-state index contributed by atoms with van der Waals surface area (Å²) in [5, 5.41) is 78.8. The molecule has 0 heterocycles. The number of carboxylic acid groups (broad SMARTS) is 6. The summed E-state index contributed by atoms with van der Waals surface area (Å²) in [6.45, 7) is 16.7. The Hall–Kier alpha value is -4.90. The van der Waals surface area contributed by atoms with Crippen LogP contribution < -0.4 is 0 Å². The summed E-state index contributed by atoms with van der Waals surface area (Å²) in [5.41, 5.74) is 0. The molecule has 0 saturated heterocycles. The molecule has 0 saturated carbocycles. The van der Waals surface area contributed by atoms with Crippen LogP contribution in [0.3, 0.4) is 0 Å². The Bertz CT molecular complexity index is 592. The van der Waals surface area contributed by atoms with Gasteiger partial charge in [-0.05, 0) is 0 Å². The molecule has 0 aromatic carbocycles. The van der Waals surface area contributed by atoms with Crippen LogP contribution in [-0.4, -0.2) is 112 Å². The lowest BCUT2D eigenvalue weighted by Crippen LogP contribution is -2.31. The summed E-state index contributed by atoms with van der Waals surface area (Å²) in [5.74, 6) is -5.89. The standard InChI is InChI=1S/C4H10O4.6C3H4O2/c5-1-3(7)4(8)2-6;6*1-2-3(4)5/h3-8H,1-2H2;6*2H,1H2,(H,4,5)/t3-,4+;;;;;;. The fraction of sp³-hybridized carbons (Fsp3) is 0.182. The van der Waals surface area contributed by atoms with Crippen molar-refractivity contribution in [2.24, 2.45) is 0 Å². The van der Waals surface area contributed by atoms with E-state index in [0.29, 0.717) is 0 Å². The summed E-state index contributed by atoms with van der Waals surface area (Å²) < 4.78 is 0. The summed E-state index contributed by atoms with van der Waals surface area (Å²) >= 11 is 0. The van der Waals surface area contributed by atoms with Gasteiger partial charge in [0.25, 0.3) is 0 Å². The molecule has 0 bridgehead atoms. The lowest BCUT2D eigenvalue weighted by atomic mass is 10.2. The van der Waals surface area contributed by atoms with E-state index in [4.69, 9.17) is 51.1 Å². The monoisotopic (exact) mass is 554 g/mol. The Balaban J connectivity index is -0.0000000596. The van der Waals surface area contributed by atoms with Crippen LogP contribution in [0.2, 0.25) is 0 Å². The van der Waals surface area contributed by atoms with Gasteiger partial charge in [-0.15, -0.1) is 0 Å². The molecule has 0 radical (unpaired) electrons. The van der Waals surface area contributed by atoms with E-state index >= 15 is 0 Å². The number of aliphatic hydroxyl groups excluding tert-OH is 4. The van der Waals surface area contributed by atoms with E-state index in [-0.39, 0.29) is 0 Å². The van der Waals surface area contributed by atoms with Gasteiger partial charge in [0.15, 0.2) is 0 Å². The smallest absolute Gasteiger partial charge is 0.327 e. The largest absolute Gasteiger partial charge is 0.478 e. The number of rotatable bonds is 9. The lowest BCUT2D eigenvalue weighted by molar-refractivity contribution is -0.132. The Morgan fingerprint density at radius 3 is 0.526 bits per heavy atom. The van der Waals surface area contributed by atoms with Crippen molar-refractivity contribution in [1.29, 1.82) is 0 Å². The van der Waals surface area contributed by atoms with Crippen molar-refractivity contribution < 1.29 is 79.8 Å². The third-order valence-corrected chi connectivity index (χ3v) is 1.87. The topological polar surface area (TPSA) is 305 Å². The van der Waals surface area contributed by atoms with Gasteiger partial charge >= 0.3 is 35.8 Å². The highest BCUT2D eigenvalue weighted by Gasteiger charge is 2.12. The predicted octanol–water partition coefficient (Wildman–Crippen LogP) is -0.765. The van der Waals surface area contributed by atoms with Crippen LogP contribution >= 0.6 is 0 Å². The van der Waals surface area contributed by atoms with Gasteiger partial charge in [0, 0.05) is 36.5 Å². The molecular weight excluding hydrogens is 520 g/mol. The van der Waals surface area contributed by atoms with Gasteiger partial charge in [-0.2, -0.15) is 0 Å². The Labute approximate surface area is 217 Å². The second-order valence-electron chi connectivity index (χ2n) is 4.75. The first-order valence-electron chi connectivity index (χ1n) is 9.05. The van der Waals surface area contributed by atoms with Crippen LogP contribution in [-0.2, 0) is 28.8 Å². The van der Waals surface area contributed by atoms with Gasteiger partial charge in [-0.1, -0.05) is 39.5 Å². The van der Waals surface area contributed by atoms with Crippen molar-refractivity contribution in [3.63, 3.8) is 0 Å². The van der Waals surface area contributed by atoms with Gasteiger partial charge < -0.3 is 51.1 Å². The highest BCUT2D eigenvalue weighted by atomic mass is 16.4. The Morgan fingerprint density at radius 1 is 0.421 bits per heavy atom. The second-order valence-corrected chi connectivity index (χ2v) is 4.75. The number of carboxylic acids is 6. The van der Waals surface area contributed by atoms with E-state index in [0.717, 1.165) is 36.5 Å². The highest BCUT2D eigenvalue weighted by molar-refractivity contribution is 5.80. The van der Waals surface area contributed by atoms with Gasteiger partial charge in [0.1, 0.15) is 12.2 Å². The SMILES string of the molecule is C=CC(=O)O.C=CC(=O)O.C=CC(=O)O.C=CC(=O)O.C=CC(=O)O.C=CC(=O)O.OC[C@@H](O)[C@@H](O)CO. The molecule has 0 fully saturated rings. The molecule has 218 valence electrons. The van der Waals surface area contributed by atoms with Crippen LogP contribution in [0.4, 0.5) is 0 Å². The quantitative estimate of drug-likeness (QED) is 0.156. The van der Waals surface area contributed by atoms with Crippen molar-refractivity contribution in [1.82, 2.24) is 0 Å². The molecule has 0 rings (SSSR count). The first-order chi connectivity index (χ1) is 17.3. The summed E-state index contributed by atoms with van der Waals surface area (Å²) in [4.78, 5) is 55.5. The van der Waals surface area contributed by atoms with Crippen molar-refractivity contribution >= 4 is 35.8 Å². The zero-order valence-corrected chi connectivity index (χ0v) is 20.2. The Kier molecular flexibility index (Phi) is 55.7. The number of carbonyl (C=O) groups is 6. The molecule has 16 nitrogen and oxygen atoms in total. The van der Waals surface area contributed by atoms with Gasteiger partial charge in [-0.3, -0.25) is 0 Å². The molecule has 10 N–H and O–H groups in total. The van der Waals surface area contributed by atoms with E-state index < -0.39 is 61.2 Å². The fourth-order valence-corrected chi connectivity index (χ4v) is 0.243. The van der Waals surface area contributed by atoms with Crippen LogP contribution in [0.1, 0.15) is 0 Å². The molecule has 16 heteroatoms. The van der Waals surface area contributed by atoms with Crippen LogP contribution in [0.15, 0.2) is 75.9 Å². The minimum Gasteiger partial charge on any atom is -0.478 e. The summed E-state index contributed by atoms with van der Waals surface area (Å²) in [6, 6.07) is 0. The zero-order chi connectivity index (χ0) is 32.3. The molecule has 0 amide bonds. The molecule has 0 aliphatic carbocycles. The van der Waals surface area contributed by atoms with Crippen molar-refractivity contribution in [2.75, 3.05) is 13.2 Å². The first-order valence-corrected chi connectivity index (χ1v) is 9.05. The van der Waals surface area contributed by atoms with Gasteiger partial charge in [0.05, 0.1) is 13.2 Å². The summed E-state index contributed by atoms with van der Waals surface area (Å²) in [6.07, 6.45) is 2.56. The van der Waals surface area contributed by atoms with Crippen molar-refractivity contribution in [3.05, 3.63) is 75.9 Å². The number of aliphatic carboxylic acids is 6. The molecule has 2 atom stereocenters. The molecule has 38 heavy (non-hydrogen) atoms. The van der Waals surface area contributed by atoms with E-state index in [9.17, 15) is 28.8 Å².